The second kappa shape index (κ2) is 6.00. The molecule has 0 fully saturated rings. The van der Waals surface area contributed by atoms with Crippen molar-refractivity contribution in [1.29, 1.82) is 0 Å². The van der Waals surface area contributed by atoms with Crippen molar-refractivity contribution in [2.75, 3.05) is 6.54 Å². The van der Waals surface area contributed by atoms with E-state index in [1.165, 1.54) is 11.3 Å². The highest BCUT2D eigenvalue weighted by Crippen LogP contribution is 2.24. The Morgan fingerprint density at radius 1 is 1.44 bits per heavy atom. The number of carboxylic acids is 1. The molecule has 0 aromatic carbocycles. The van der Waals surface area contributed by atoms with Crippen molar-refractivity contribution in [3.63, 3.8) is 0 Å². The Morgan fingerprint density at radius 2 is 2.11 bits per heavy atom. The van der Waals surface area contributed by atoms with Crippen LogP contribution in [-0.4, -0.2) is 23.5 Å². The Bertz CT molecular complexity index is 406. The van der Waals surface area contributed by atoms with E-state index in [0.717, 1.165) is 0 Å². The maximum absolute atomic E-state index is 11.7. The largest absolute Gasteiger partial charge is 0.481 e. The van der Waals surface area contributed by atoms with Crippen molar-refractivity contribution in [2.24, 2.45) is 11.3 Å². The molecule has 0 spiro atoms. The lowest BCUT2D eigenvalue weighted by molar-refractivity contribution is -0.142. The Labute approximate surface area is 111 Å². The zero-order valence-corrected chi connectivity index (χ0v) is 11.7. The van der Waals surface area contributed by atoms with Gasteiger partial charge in [0.2, 0.25) is 0 Å². The summed E-state index contributed by atoms with van der Waals surface area (Å²) >= 11 is 1.44. The molecule has 2 N–H and O–H groups in total. The quantitative estimate of drug-likeness (QED) is 0.863. The van der Waals surface area contributed by atoms with E-state index in [4.69, 9.17) is 5.11 Å². The molecular formula is C13H19NO3S. The highest BCUT2D eigenvalue weighted by Gasteiger charge is 2.25. The first-order valence-corrected chi connectivity index (χ1v) is 6.77. The smallest absolute Gasteiger partial charge is 0.308 e. The first-order chi connectivity index (χ1) is 8.29. The third-order valence-corrected chi connectivity index (χ3v) is 3.18. The van der Waals surface area contributed by atoms with E-state index >= 15 is 0 Å². The summed E-state index contributed by atoms with van der Waals surface area (Å²) < 4.78 is 0. The van der Waals surface area contributed by atoms with Crippen LogP contribution in [0.5, 0.6) is 0 Å². The zero-order chi connectivity index (χ0) is 13.8. The number of amides is 1. The first-order valence-electron chi connectivity index (χ1n) is 5.83. The molecule has 100 valence electrons. The minimum Gasteiger partial charge on any atom is -0.481 e. The van der Waals surface area contributed by atoms with Gasteiger partial charge in [0, 0.05) is 17.5 Å². The fraction of sp³-hybridized carbons (Fsp3) is 0.538. The molecule has 0 bridgehead atoms. The van der Waals surface area contributed by atoms with E-state index in [0.29, 0.717) is 12.0 Å². The maximum Gasteiger partial charge on any atom is 0.308 e. The Balaban J connectivity index is 2.53. The van der Waals surface area contributed by atoms with Crippen molar-refractivity contribution in [1.82, 2.24) is 5.32 Å². The predicted octanol–water partition coefficient (Wildman–Crippen LogP) is 2.61. The van der Waals surface area contributed by atoms with E-state index in [2.05, 4.69) is 5.32 Å². The molecular weight excluding hydrogens is 250 g/mol. The normalized spacial score (nSPS) is 13.1. The molecule has 0 aliphatic heterocycles. The second-order valence-corrected chi connectivity index (χ2v) is 6.30. The molecule has 18 heavy (non-hydrogen) atoms. The van der Waals surface area contributed by atoms with Crippen LogP contribution in [0, 0.1) is 11.3 Å². The van der Waals surface area contributed by atoms with Crippen LogP contribution in [0.1, 0.15) is 37.6 Å². The van der Waals surface area contributed by atoms with Gasteiger partial charge in [0.25, 0.3) is 5.91 Å². The van der Waals surface area contributed by atoms with Gasteiger partial charge in [0.1, 0.15) is 0 Å². The lowest BCUT2D eigenvalue weighted by atomic mass is 9.84. The van der Waals surface area contributed by atoms with Crippen molar-refractivity contribution < 1.29 is 14.7 Å². The number of carbonyl (C=O) groups is 2. The van der Waals surface area contributed by atoms with Gasteiger partial charge in [-0.15, -0.1) is 0 Å². The van der Waals surface area contributed by atoms with Crippen molar-refractivity contribution in [3.8, 4) is 0 Å². The predicted molar refractivity (Wildman–Crippen MR) is 71.9 cm³/mol. The second-order valence-electron chi connectivity index (χ2n) is 5.52. The Hall–Kier alpha value is -1.36. The van der Waals surface area contributed by atoms with Crippen LogP contribution in [0.15, 0.2) is 16.8 Å². The number of thiophene rings is 1. The summed E-state index contributed by atoms with van der Waals surface area (Å²) in [5.74, 6) is -1.63. The molecule has 0 aliphatic rings. The lowest BCUT2D eigenvalue weighted by Gasteiger charge is -2.23. The van der Waals surface area contributed by atoms with Gasteiger partial charge in [0.05, 0.1) is 5.92 Å². The van der Waals surface area contributed by atoms with Gasteiger partial charge in [-0.25, -0.2) is 0 Å². The SMILES string of the molecule is CC(C)(C)CC(CNC(=O)c1ccsc1)C(=O)O. The summed E-state index contributed by atoms with van der Waals surface area (Å²) in [7, 11) is 0. The van der Waals surface area contributed by atoms with Gasteiger partial charge in [-0.1, -0.05) is 20.8 Å². The maximum atomic E-state index is 11.7. The van der Waals surface area contributed by atoms with Crippen molar-refractivity contribution in [2.45, 2.75) is 27.2 Å². The monoisotopic (exact) mass is 269 g/mol. The minimum atomic E-state index is -0.865. The number of rotatable bonds is 5. The average Bonchev–Trinajstić information content (AvgIpc) is 2.75. The van der Waals surface area contributed by atoms with E-state index in [-0.39, 0.29) is 17.9 Å². The van der Waals surface area contributed by atoms with Crippen LogP contribution in [0.2, 0.25) is 0 Å². The molecule has 1 heterocycles. The van der Waals surface area contributed by atoms with Crippen LogP contribution in [-0.2, 0) is 4.79 Å². The number of aliphatic carboxylic acids is 1. The van der Waals surface area contributed by atoms with Crippen LogP contribution in [0.4, 0.5) is 0 Å². The molecule has 1 amide bonds. The van der Waals surface area contributed by atoms with Gasteiger partial charge >= 0.3 is 5.97 Å². The molecule has 0 saturated carbocycles. The molecule has 1 aromatic heterocycles. The number of carboxylic acid groups (broad SMARTS) is 1. The van der Waals surface area contributed by atoms with Gasteiger partial charge < -0.3 is 10.4 Å². The summed E-state index contributed by atoms with van der Waals surface area (Å²) in [4.78, 5) is 22.8. The van der Waals surface area contributed by atoms with Gasteiger partial charge in [-0.05, 0) is 23.3 Å². The van der Waals surface area contributed by atoms with Crippen LogP contribution in [0.3, 0.4) is 0 Å². The van der Waals surface area contributed by atoms with Crippen LogP contribution in [0.25, 0.3) is 0 Å². The zero-order valence-electron chi connectivity index (χ0n) is 10.9. The fourth-order valence-electron chi connectivity index (χ4n) is 1.70. The highest BCUT2D eigenvalue weighted by molar-refractivity contribution is 7.08. The third-order valence-electron chi connectivity index (χ3n) is 2.50. The summed E-state index contributed by atoms with van der Waals surface area (Å²) in [6.45, 7) is 6.14. The highest BCUT2D eigenvalue weighted by atomic mass is 32.1. The topological polar surface area (TPSA) is 66.4 Å². The van der Waals surface area contributed by atoms with E-state index in [1.807, 2.05) is 26.2 Å². The number of nitrogens with one attached hydrogen (secondary N) is 1. The van der Waals surface area contributed by atoms with Crippen LogP contribution < -0.4 is 5.32 Å². The number of hydrogen-bond acceptors (Lipinski definition) is 3. The molecule has 4 nitrogen and oxygen atoms in total. The first kappa shape index (κ1) is 14.7. The van der Waals surface area contributed by atoms with E-state index in [1.54, 1.807) is 11.4 Å². The molecule has 1 atom stereocenters. The average molecular weight is 269 g/mol. The summed E-state index contributed by atoms with van der Waals surface area (Å²) in [6.07, 6.45) is 0.534. The molecule has 5 heteroatoms. The minimum absolute atomic E-state index is 0.0732. The molecule has 0 saturated heterocycles. The van der Waals surface area contributed by atoms with Crippen molar-refractivity contribution in [3.05, 3.63) is 22.4 Å². The van der Waals surface area contributed by atoms with E-state index < -0.39 is 11.9 Å². The molecule has 1 unspecified atom stereocenters. The standard InChI is InChI=1S/C13H19NO3S/c1-13(2,3)6-10(12(16)17)7-14-11(15)9-4-5-18-8-9/h4-5,8,10H,6-7H2,1-3H3,(H,14,15)(H,16,17). The summed E-state index contributed by atoms with van der Waals surface area (Å²) in [6, 6.07) is 1.72. The van der Waals surface area contributed by atoms with Crippen LogP contribution >= 0.6 is 11.3 Å². The van der Waals surface area contributed by atoms with Crippen molar-refractivity contribution >= 4 is 23.2 Å². The van der Waals surface area contributed by atoms with Gasteiger partial charge in [0.15, 0.2) is 0 Å². The number of hydrogen-bond donors (Lipinski definition) is 2. The molecule has 1 aromatic rings. The number of carbonyl (C=O) groups excluding carboxylic acids is 1. The van der Waals surface area contributed by atoms with E-state index in [9.17, 15) is 9.59 Å². The fourth-order valence-corrected chi connectivity index (χ4v) is 2.33. The summed E-state index contributed by atoms with van der Waals surface area (Å²) in [5, 5.41) is 15.4. The summed E-state index contributed by atoms with van der Waals surface area (Å²) in [5.41, 5.74) is 0.510. The third kappa shape index (κ3) is 4.87. The Morgan fingerprint density at radius 3 is 2.56 bits per heavy atom. The molecule has 0 aliphatic carbocycles. The Kier molecular flexibility index (Phi) is 4.90. The van der Waals surface area contributed by atoms with Gasteiger partial charge in [-0.2, -0.15) is 11.3 Å². The molecule has 1 rings (SSSR count). The lowest BCUT2D eigenvalue weighted by Crippen LogP contribution is -2.34. The van der Waals surface area contributed by atoms with Gasteiger partial charge in [-0.3, -0.25) is 9.59 Å². The molecule has 0 radical (unpaired) electrons.